The lowest BCUT2D eigenvalue weighted by Crippen LogP contribution is -2.01. The molecule has 19 rings (SSSR count). The van der Waals surface area contributed by atoms with E-state index in [2.05, 4.69) is 261 Å². The number of nitrogens with zero attached hydrogens (tertiary/aromatic N) is 4. The van der Waals surface area contributed by atoms with Crippen LogP contribution in [0.2, 0.25) is 0 Å². The highest BCUT2D eigenvalue weighted by atomic mass is 32.1. The number of aromatic nitrogens is 4. The highest BCUT2D eigenvalue weighted by Gasteiger charge is 2.22. The first-order valence-electron chi connectivity index (χ1n) is 31.5. The highest BCUT2D eigenvalue weighted by molar-refractivity contribution is 7.26. The van der Waals surface area contributed by atoms with Gasteiger partial charge in [-0.15, -0.1) is 22.7 Å². The fraction of sp³-hybridized carbons (Fsp3) is 0. The molecule has 0 fully saturated rings. The number of furan rings is 2. The molecule has 0 aliphatic carbocycles. The van der Waals surface area contributed by atoms with Gasteiger partial charge >= 0.3 is 0 Å². The van der Waals surface area contributed by atoms with Crippen molar-refractivity contribution >= 4 is 107 Å². The number of para-hydroxylation sites is 2. The standard InChI is InChI=1S/C86H50N4O2S2/c1-4-18-51(19-5-1)59-41-60(52-20-6-2-7-21-52)43-62(42-59)85-88-84(53-22-8-3-9-23-53)89-86(90-85)63-47-69(57-36-39-77-71(45-57)65-27-11-14-32-75(65)92-77)83-67-37-34-55(48-79(67)94-81(83)50-63)54-24-16-25-58(40-54)72-29-17-30-73(87-72)61-46-68(82-66-28-12-15-33-78(66)93-80(82)49-61)56-35-38-76-70(44-56)64-26-10-13-31-74(64)91-76/h1-50H. The first kappa shape index (κ1) is 53.9. The van der Waals surface area contributed by atoms with Crippen molar-refractivity contribution in [3.8, 4) is 112 Å². The van der Waals surface area contributed by atoms with Crippen molar-refractivity contribution in [1.29, 1.82) is 0 Å². The fourth-order valence-corrected chi connectivity index (χ4v) is 16.2. The van der Waals surface area contributed by atoms with Crippen LogP contribution in [0.25, 0.3) is 197 Å². The monoisotopic (exact) mass is 1230 g/mol. The molecule has 0 aliphatic rings. The second-order valence-electron chi connectivity index (χ2n) is 24.0. The van der Waals surface area contributed by atoms with Gasteiger partial charge in [0.25, 0.3) is 0 Å². The van der Waals surface area contributed by atoms with Crippen molar-refractivity contribution in [3.05, 3.63) is 303 Å². The van der Waals surface area contributed by atoms with Crippen LogP contribution in [-0.4, -0.2) is 19.9 Å². The van der Waals surface area contributed by atoms with Gasteiger partial charge in [0, 0.05) is 89.7 Å². The van der Waals surface area contributed by atoms with Crippen LogP contribution in [0.1, 0.15) is 0 Å². The number of rotatable bonds is 10. The third-order valence-electron chi connectivity index (χ3n) is 18.3. The molecule has 6 heterocycles. The molecule has 13 aromatic carbocycles. The van der Waals surface area contributed by atoms with E-state index in [4.69, 9.17) is 28.8 Å². The van der Waals surface area contributed by atoms with E-state index >= 15 is 0 Å². The lowest BCUT2D eigenvalue weighted by molar-refractivity contribution is 0.668. The zero-order chi connectivity index (χ0) is 61.8. The highest BCUT2D eigenvalue weighted by Crippen LogP contribution is 2.48. The molecule has 0 radical (unpaired) electrons. The lowest BCUT2D eigenvalue weighted by Gasteiger charge is -2.13. The van der Waals surface area contributed by atoms with E-state index in [-0.39, 0.29) is 0 Å². The van der Waals surface area contributed by atoms with Crippen LogP contribution in [0, 0.1) is 0 Å². The predicted octanol–water partition coefficient (Wildman–Crippen LogP) is 24.5. The Bertz CT molecular complexity index is 6190. The molecule has 0 saturated heterocycles. The molecule has 0 atom stereocenters. The van der Waals surface area contributed by atoms with E-state index < -0.39 is 0 Å². The quantitative estimate of drug-likeness (QED) is 0.136. The minimum Gasteiger partial charge on any atom is -0.456 e. The molecule has 6 nitrogen and oxygen atoms in total. The largest absolute Gasteiger partial charge is 0.456 e. The van der Waals surface area contributed by atoms with Crippen LogP contribution in [-0.2, 0) is 0 Å². The van der Waals surface area contributed by atoms with Crippen molar-refractivity contribution < 1.29 is 8.83 Å². The van der Waals surface area contributed by atoms with Crippen LogP contribution in [0.5, 0.6) is 0 Å². The Kier molecular flexibility index (Phi) is 12.5. The predicted molar refractivity (Wildman–Crippen MR) is 392 cm³/mol. The van der Waals surface area contributed by atoms with Crippen molar-refractivity contribution in [2.75, 3.05) is 0 Å². The maximum Gasteiger partial charge on any atom is 0.164 e. The molecular formula is C86H50N4O2S2. The molecule has 0 saturated carbocycles. The van der Waals surface area contributed by atoms with Crippen molar-refractivity contribution in [3.63, 3.8) is 0 Å². The van der Waals surface area contributed by atoms with E-state index in [0.717, 1.165) is 138 Å². The average Bonchev–Trinajstić information content (AvgIpc) is 1.56. The van der Waals surface area contributed by atoms with Gasteiger partial charge in [0.2, 0.25) is 0 Å². The topological polar surface area (TPSA) is 77.8 Å². The smallest absolute Gasteiger partial charge is 0.164 e. The number of hydrogen-bond donors (Lipinski definition) is 0. The minimum atomic E-state index is 0.586. The van der Waals surface area contributed by atoms with Crippen LogP contribution >= 0.6 is 22.7 Å². The summed E-state index contributed by atoms with van der Waals surface area (Å²) in [5.74, 6) is 1.78. The number of pyridine rings is 1. The van der Waals surface area contributed by atoms with E-state index in [1.165, 1.54) is 41.2 Å². The molecule has 0 N–H and O–H groups in total. The molecule has 0 spiro atoms. The van der Waals surface area contributed by atoms with Gasteiger partial charge in [-0.2, -0.15) is 0 Å². The summed E-state index contributed by atoms with van der Waals surface area (Å²) >= 11 is 3.62. The summed E-state index contributed by atoms with van der Waals surface area (Å²) in [5.41, 5.74) is 21.2. The molecule has 0 unspecified atom stereocenters. The normalized spacial score (nSPS) is 11.8. The first-order valence-corrected chi connectivity index (χ1v) is 33.1. The number of fused-ring (bicyclic) bond motifs is 12. The van der Waals surface area contributed by atoms with E-state index in [1.54, 1.807) is 11.3 Å². The molecule has 6 aromatic heterocycles. The van der Waals surface area contributed by atoms with Crippen LogP contribution in [0.4, 0.5) is 0 Å². The SMILES string of the molecule is c1ccc(-c2cc(-c3ccccc3)cc(-c3nc(-c4ccccc4)nc(-c4cc(-c5ccc6oc7ccccc7c6c5)c5c(c4)sc4cc(-c6cccc(-c7cccc(-c8cc(-c9ccc%10oc%11ccccc%11c%10c9)c9c(c8)sc8ccccc89)n7)c6)ccc45)n3)c2)cc1. The summed E-state index contributed by atoms with van der Waals surface area (Å²) in [6.07, 6.45) is 0. The average molecular weight is 1240 g/mol. The van der Waals surface area contributed by atoms with Crippen molar-refractivity contribution in [1.82, 2.24) is 19.9 Å². The Morgan fingerprint density at radius 1 is 0.202 bits per heavy atom. The third-order valence-corrected chi connectivity index (χ3v) is 20.5. The summed E-state index contributed by atoms with van der Waals surface area (Å²) in [4.78, 5) is 21.6. The Labute approximate surface area is 547 Å². The maximum atomic E-state index is 6.41. The molecular weight excluding hydrogens is 1190 g/mol. The molecule has 0 amide bonds. The molecule has 94 heavy (non-hydrogen) atoms. The Balaban J connectivity index is 0.738. The molecule has 438 valence electrons. The van der Waals surface area contributed by atoms with Gasteiger partial charge in [0.05, 0.1) is 11.4 Å². The number of benzene rings is 13. The number of thiophene rings is 2. The summed E-state index contributed by atoms with van der Waals surface area (Å²) in [6, 6.07) is 108. The second-order valence-corrected chi connectivity index (χ2v) is 26.2. The van der Waals surface area contributed by atoms with Gasteiger partial charge in [0.1, 0.15) is 22.3 Å². The van der Waals surface area contributed by atoms with E-state index in [1.807, 2.05) is 53.8 Å². The zero-order valence-corrected chi connectivity index (χ0v) is 51.9. The molecule has 0 bridgehead atoms. The summed E-state index contributed by atoms with van der Waals surface area (Å²) < 4.78 is 17.5. The molecule has 0 aliphatic heterocycles. The minimum absolute atomic E-state index is 0.586. The maximum absolute atomic E-state index is 6.41. The van der Waals surface area contributed by atoms with Gasteiger partial charge in [-0.05, 0) is 165 Å². The van der Waals surface area contributed by atoms with Gasteiger partial charge in [-0.25, -0.2) is 19.9 Å². The fourth-order valence-electron chi connectivity index (χ4n) is 13.8. The first-order chi connectivity index (χ1) is 46.5. The summed E-state index contributed by atoms with van der Waals surface area (Å²) in [6.45, 7) is 0. The Hall–Kier alpha value is -11.9. The molecule has 19 aromatic rings. The van der Waals surface area contributed by atoms with Gasteiger partial charge in [-0.1, -0.05) is 194 Å². The summed E-state index contributed by atoms with van der Waals surface area (Å²) in [5, 5.41) is 9.22. The third kappa shape index (κ3) is 9.29. The van der Waals surface area contributed by atoms with E-state index in [9.17, 15) is 0 Å². The zero-order valence-electron chi connectivity index (χ0n) is 50.3. The summed E-state index contributed by atoms with van der Waals surface area (Å²) in [7, 11) is 0. The van der Waals surface area contributed by atoms with Crippen LogP contribution < -0.4 is 0 Å². The Morgan fingerprint density at radius 3 is 1.23 bits per heavy atom. The van der Waals surface area contributed by atoms with Crippen molar-refractivity contribution in [2.24, 2.45) is 0 Å². The van der Waals surface area contributed by atoms with Gasteiger partial charge < -0.3 is 8.83 Å². The Morgan fingerprint density at radius 2 is 0.606 bits per heavy atom. The number of hydrogen-bond acceptors (Lipinski definition) is 8. The van der Waals surface area contributed by atoms with Gasteiger partial charge in [-0.3, -0.25) is 0 Å². The van der Waals surface area contributed by atoms with Crippen LogP contribution in [0.3, 0.4) is 0 Å². The molecule has 8 heteroatoms. The van der Waals surface area contributed by atoms with E-state index in [0.29, 0.717) is 17.5 Å². The van der Waals surface area contributed by atoms with Crippen molar-refractivity contribution in [2.45, 2.75) is 0 Å². The van der Waals surface area contributed by atoms with Crippen LogP contribution in [0.15, 0.2) is 312 Å². The van der Waals surface area contributed by atoms with Gasteiger partial charge in [0.15, 0.2) is 17.5 Å². The lowest BCUT2D eigenvalue weighted by atomic mass is 9.94. The second kappa shape index (κ2) is 21.9.